The second-order valence-corrected chi connectivity index (χ2v) is 3.91. The van der Waals surface area contributed by atoms with Crippen molar-refractivity contribution >= 4 is 11.8 Å². The van der Waals surface area contributed by atoms with Gasteiger partial charge in [0.1, 0.15) is 5.82 Å². The van der Waals surface area contributed by atoms with Gasteiger partial charge in [0.15, 0.2) is 0 Å². The lowest BCUT2D eigenvalue weighted by molar-refractivity contribution is -0.159. The van der Waals surface area contributed by atoms with Crippen LogP contribution in [0.25, 0.3) is 0 Å². The van der Waals surface area contributed by atoms with E-state index in [0.717, 1.165) is 0 Å². The molecule has 5 heteroatoms. The van der Waals surface area contributed by atoms with Crippen LogP contribution < -0.4 is 5.73 Å². The van der Waals surface area contributed by atoms with Crippen molar-refractivity contribution in [3.63, 3.8) is 0 Å². The van der Waals surface area contributed by atoms with E-state index in [1.165, 1.54) is 6.20 Å². The molecule has 0 radical (unpaired) electrons. The number of nitrogens with zero attached hydrogens (tertiary/aromatic N) is 1. The number of nitrogen functional groups attached to an aromatic ring is 1. The molecule has 0 aromatic carbocycles. The van der Waals surface area contributed by atoms with Gasteiger partial charge in [-0.25, -0.2) is 4.98 Å². The standard InChI is InChI=1S/C10H12N2O3/c11-8-7(2-1-3-12-8)10(15)4-6(5-10)9(13)14/h1-3,6,15H,4-5H2,(H2,11,12)(H,13,14). The Balaban J connectivity index is 2.20. The van der Waals surface area contributed by atoms with E-state index >= 15 is 0 Å². The minimum absolute atomic E-state index is 0.207. The number of anilines is 1. The van der Waals surface area contributed by atoms with E-state index in [-0.39, 0.29) is 18.7 Å². The van der Waals surface area contributed by atoms with E-state index in [1.54, 1.807) is 12.1 Å². The number of nitrogens with two attached hydrogens (primary N) is 1. The number of aliphatic hydroxyl groups is 1. The van der Waals surface area contributed by atoms with Gasteiger partial charge in [0.2, 0.25) is 0 Å². The molecular weight excluding hydrogens is 196 g/mol. The van der Waals surface area contributed by atoms with Crippen molar-refractivity contribution in [3.05, 3.63) is 23.9 Å². The maximum Gasteiger partial charge on any atom is 0.306 e. The Labute approximate surface area is 86.6 Å². The SMILES string of the molecule is Nc1ncccc1C1(O)CC(C(=O)O)C1. The van der Waals surface area contributed by atoms with Crippen molar-refractivity contribution < 1.29 is 15.0 Å². The lowest BCUT2D eigenvalue weighted by atomic mass is 9.67. The summed E-state index contributed by atoms with van der Waals surface area (Å²) in [5.41, 5.74) is 5.04. The molecular formula is C10H12N2O3. The zero-order valence-electron chi connectivity index (χ0n) is 8.05. The fraction of sp³-hybridized carbons (Fsp3) is 0.400. The zero-order valence-corrected chi connectivity index (χ0v) is 8.05. The third-order valence-electron chi connectivity index (χ3n) is 2.86. The van der Waals surface area contributed by atoms with E-state index in [1.807, 2.05) is 0 Å². The molecule has 80 valence electrons. The molecule has 0 saturated heterocycles. The van der Waals surface area contributed by atoms with E-state index in [0.29, 0.717) is 5.56 Å². The number of aliphatic carboxylic acids is 1. The van der Waals surface area contributed by atoms with Crippen LogP contribution in [0.1, 0.15) is 18.4 Å². The molecule has 4 N–H and O–H groups in total. The quantitative estimate of drug-likeness (QED) is 0.651. The monoisotopic (exact) mass is 208 g/mol. The summed E-state index contributed by atoms with van der Waals surface area (Å²) in [7, 11) is 0. The number of carboxylic acids is 1. The van der Waals surface area contributed by atoms with Gasteiger partial charge in [-0.15, -0.1) is 0 Å². The molecule has 1 heterocycles. The van der Waals surface area contributed by atoms with Crippen molar-refractivity contribution in [1.82, 2.24) is 4.98 Å². The molecule has 0 atom stereocenters. The Hall–Kier alpha value is -1.62. The van der Waals surface area contributed by atoms with Crippen molar-refractivity contribution in [2.45, 2.75) is 18.4 Å². The van der Waals surface area contributed by atoms with Crippen LogP contribution in [0.3, 0.4) is 0 Å². The van der Waals surface area contributed by atoms with Crippen LogP contribution in [-0.2, 0) is 10.4 Å². The van der Waals surface area contributed by atoms with Crippen LogP contribution in [0.2, 0.25) is 0 Å². The summed E-state index contributed by atoms with van der Waals surface area (Å²) in [6.07, 6.45) is 1.95. The normalized spacial score (nSPS) is 29.5. The molecule has 0 amide bonds. The van der Waals surface area contributed by atoms with Gasteiger partial charge in [-0.2, -0.15) is 0 Å². The van der Waals surface area contributed by atoms with Crippen molar-refractivity contribution in [1.29, 1.82) is 0 Å². The van der Waals surface area contributed by atoms with E-state index in [9.17, 15) is 9.90 Å². The molecule has 0 unspecified atom stereocenters. The summed E-state index contributed by atoms with van der Waals surface area (Å²) in [5, 5.41) is 18.8. The highest BCUT2D eigenvalue weighted by atomic mass is 16.4. The largest absolute Gasteiger partial charge is 0.481 e. The molecule has 15 heavy (non-hydrogen) atoms. The van der Waals surface area contributed by atoms with Gasteiger partial charge in [-0.3, -0.25) is 4.79 Å². The second kappa shape index (κ2) is 3.20. The summed E-state index contributed by atoms with van der Waals surface area (Å²) >= 11 is 0. The first-order chi connectivity index (χ1) is 7.03. The molecule has 1 aromatic heterocycles. The fourth-order valence-electron chi connectivity index (χ4n) is 1.96. The van der Waals surface area contributed by atoms with Gasteiger partial charge in [-0.05, 0) is 18.9 Å². The fourth-order valence-corrected chi connectivity index (χ4v) is 1.96. The highest BCUT2D eigenvalue weighted by Gasteiger charge is 2.48. The molecule has 1 aliphatic rings. The van der Waals surface area contributed by atoms with Crippen LogP contribution >= 0.6 is 0 Å². The van der Waals surface area contributed by atoms with Crippen LogP contribution in [0.5, 0.6) is 0 Å². The minimum Gasteiger partial charge on any atom is -0.481 e. The van der Waals surface area contributed by atoms with E-state index < -0.39 is 17.5 Å². The molecule has 0 aliphatic heterocycles. The maximum absolute atomic E-state index is 10.6. The minimum atomic E-state index is -1.11. The number of hydrogen-bond acceptors (Lipinski definition) is 4. The predicted molar refractivity (Wildman–Crippen MR) is 52.9 cm³/mol. The van der Waals surface area contributed by atoms with E-state index in [4.69, 9.17) is 10.8 Å². The van der Waals surface area contributed by atoms with Crippen molar-refractivity contribution in [2.24, 2.45) is 5.92 Å². The first kappa shape index (κ1) is 9.92. The number of aromatic nitrogens is 1. The third-order valence-corrected chi connectivity index (χ3v) is 2.86. The first-order valence-electron chi connectivity index (χ1n) is 4.69. The number of rotatable bonds is 2. The van der Waals surface area contributed by atoms with Gasteiger partial charge in [0, 0.05) is 11.8 Å². The van der Waals surface area contributed by atoms with E-state index in [2.05, 4.69) is 4.98 Å². The number of hydrogen-bond donors (Lipinski definition) is 3. The first-order valence-corrected chi connectivity index (χ1v) is 4.69. The highest BCUT2D eigenvalue weighted by Crippen LogP contribution is 2.46. The van der Waals surface area contributed by atoms with Crippen molar-refractivity contribution in [3.8, 4) is 0 Å². The highest BCUT2D eigenvalue weighted by molar-refractivity contribution is 5.72. The molecule has 0 bridgehead atoms. The van der Waals surface area contributed by atoms with Gasteiger partial charge >= 0.3 is 5.97 Å². The maximum atomic E-state index is 10.6. The average Bonchev–Trinajstić information content (AvgIpc) is 2.13. The molecule has 1 saturated carbocycles. The zero-order chi connectivity index (χ0) is 11.1. The molecule has 1 fully saturated rings. The third kappa shape index (κ3) is 1.55. The summed E-state index contributed by atoms with van der Waals surface area (Å²) in [4.78, 5) is 14.5. The van der Waals surface area contributed by atoms with Crippen LogP contribution in [0.15, 0.2) is 18.3 Å². The Morgan fingerprint density at radius 1 is 1.60 bits per heavy atom. The molecule has 2 rings (SSSR count). The number of carboxylic acid groups (broad SMARTS) is 1. The van der Waals surface area contributed by atoms with Gasteiger partial charge in [0.25, 0.3) is 0 Å². The molecule has 1 aromatic rings. The summed E-state index contributed by atoms with van der Waals surface area (Å²) < 4.78 is 0. The van der Waals surface area contributed by atoms with Gasteiger partial charge in [-0.1, -0.05) is 6.07 Å². The molecule has 1 aliphatic carbocycles. The van der Waals surface area contributed by atoms with Gasteiger partial charge < -0.3 is 15.9 Å². The van der Waals surface area contributed by atoms with Crippen molar-refractivity contribution in [2.75, 3.05) is 5.73 Å². The number of pyridine rings is 1. The smallest absolute Gasteiger partial charge is 0.306 e. The van der Waals surface area contributed by atoms with Crippen LogP contribution in [0, 0.1) is 5.92 Å². The van der Waals surface area contributed by atoms with Gasteiger partial charge in [0.05, 0.1) is 11.5 Å². The second-order valence-electron chi connectivity index (χ2n) is 3.91. The summed E-state index contributed by atoms with van der Waals surface area (Å²) in [6, 6.07) is 3.36. The lowest BCUT2D eigenvalue weighted by Gasteiger charge is -2.41. The summed E-state index contributed by atoms with van der Waals surface area (Å²) in [6.45, 7) is 0. The Morgan fingerprint density at radius 3 is 2.80 bits per heavy atom. The molecule has 5 nitrogen and oxygen atoms in total. The Bertz CT molecular complexity index is 399. The molecule has 0 spiro atoms. The van der Waals surface area contributed by atoms with Crippen LogP contribution in [0.4, 0.5) is 5.82 Å². The topological polar surface area (TPSA) is 96.4 Å². The predicted octanol–water partition coefficient (Wildman–Crippen LogP) is 0.346. The lowest BCUT2D eigenvalue weighted by Crippen LogP contribution is -2.45. The Kier molecular flexibility index (Phi) is 2.12. The number of carbonyl (C=O) groups is 1. The van der Waals surface area contributed by atoms with Crippen LogP contribution in [-0.4, -0.2) is 21.2 Å². The Morgan fingerprint density at radius 2 is 2.27 bits per heavy atom. The summed E-state index contributed by atoms with van der Waals surface area (Å²) in [5.74, 6) is -1.08. The average molecular weight is 208 g/mol.